The van der Waals surface area contributed by atoms with Crippen LogP contribution in [-0.4, -0.2) is 15.0 Å². The topological polar surface area (TPSA) is 38.7 Å². The van der Waals surface area contributed by atoms with E-state index in [2.05, 4.69) is 21.1 Å². The molecular weight excluding hydrogens is 319 g/mol. The van der Waals surface area contributed by atoms with Crippen LogP contribution < -0.4 is 0 Å². The van der Waals surface area contributed by atoms with Crippen molar-refractivity contribution in [2.45, 2.75) is 13.1 Å². The number of rotatable bonds is 2. The van der Waals surface area contributed by atoms with Crippen LogP contribution in [0.25, 0.3) is 22.1 Å². The third-order valence-electron chi connectivity index (χ3n) is 2.72. The Balaban J connectivity index is 2.01. The summed E-state index contributed by atoms with van der Waals surface area (Å²) >= 11 is 2.40. The maximum Gasteiger partial charge on any atom is 0.434 e. The number of alkyl halides is 3. The molecule has 0 saturated heterocycles. The number of thiophene rings is 1. The zero-order valence-electron chi connectivity index (χ0n) is 10.6. The van der Waals surface area contributed by atoms with Crippen LogP contribution in [0.1, 0.15) is 11.3 Å². The van der Waals surface area contributed by atoms with Crippen molar-refractivity contribution in [3.8, 4) is 22.1 Å². The molecule has 3 rings (SSSR count). The summed E-state index contributed by atoms with van der Waals surface area (Å²) in [7, 11) is 0. The molecule has 0 aliphatic heterocycles. The first-order valence-corrected chi connectivity index (χ1v) is 7.59. The Morgan fingerprint density at radius 2 is 1.95 bits per heavy atom. The van der Waals surface area contributed by atoms with E-state index in [9.17, 15) is 13.2 Å². The summed E-state index contributed by atoms with van der Waals surface area (Å²) in [5.74, 6) is 0.151. The number of aryl methyl sites for hydroxylation is 1. The van der Waals surface area contributed by atoms with E-state index in [0.29, 0.717) is 5.69 Å². The van der Waals surface area contributed by atoms with Crippen molar-refractivity contribution in [1.29, 1.82) is 0 Å². The molecule has 21 heavy (non-hydrogen) atoms. The zero-order valence-corrected chi connectivity index (χ0v) is 12.2. The average Bonchev–Trinajstić information content (AvgIpc) is 3.06. The van der Waals surface area contributed by atoms with E-state index < -0.39 is 11.9 Å². The van der Waals surface area contributed by atoms with E-state index in [1.54, 1.807) is 6.07 Å². The van der Waals surface area contributed by atoms with E-state index >= 15 is 0 Å². The van der Waals surface area contributed by atoms with Gasteiger partial charge in [0.2, 0.25) is 0 Å². The van der Waals surface area contributed by atoms with Crippen LogP contribution in [0, 0.1) is 13.1 Å². The molecule has 0 saturated carbocycles. The van der Waals surface area contributed by atoms with Gasteiger partial charge in [-0.1, -0.05) is 0 Å². The Morgan fingerprint density at radius 1 is 1.14 bits per heavy atom. The van der Waals surface area contributed by atoms with Gasteiger partial charge in [0.1, 0.15) is 0 Å². The summed E-state index contributed by atoms with van der Waals surface area (Å²) in [6.45, 7) is 1.94. The highest BCUT2D eigenvalue weighted by Gasteiger charge is 2.34. The molecule has 8 heteroatoms. The normalized spacial score (nSPS) is 11.8. The lowest BCUT2D eigenvalue weighted by atomic mass is 10.1. The Morgan fingerprint density at radius 3 is 2.57 bits per heavy atom. The fourth-order valence-corrected chi connectivity index (χ4v) is 3.29. The zero-order chi connectivity index (χ0) is 15.0. The van der Waals surface area contributed by atoms with Gasteiger partial charge in [0.15, 0.2) is 16.5 Å². The fourth-order valence-electron chi connectivity index (χ4n) is 1.69. The minimum atomic E-state index is -4.46. The lowest BCUT2D eigenvalue weighted by Crippen LogP contribution is -2.05. The van der Waals surface area contributed by atoms with Crippen molar-refractivity contribution < 1.29 is 13.2 Å². The van der Waals surface area contributed by atoms with E-state index in [1.165, 1.54) is 11.3 Å². The highest BCUT2D eigenvalue weighted by molar-refractivity contribution is 7.13. The number of hydrogen-bond acceptors (Lipinski definition) is 5. The average molecular weight is 326 g/mol. The van der Waals surface area contributed by atoms with Gasteiger partial charge in [-0.15, -0.1) is 11.3 Å². The van der Waals surface area contributed by atoms with E-state index in [1.807, 2.05) is 17.7 Å². The van der Waals surface area contributed by atoms with Crippen LogP contribution in [0.2, 0.25) is 0 Å². The predicted molar refractivity (Wildman–Crippen MR) is 75.0 cm³/mol. The lowest BCUT2D eigenvalue weighted by Gasteiger charge is -2.02. The third kappa shape index (κ3) is 2.81. The van der Waals surface area contributed by atoms with E-state index in [0.717, 1.165) is 27.8 Å². The number of aromatic nitrogens is 3. The molecule has 1 radical (unpaired) electrons. The SMILES string of the molecule is Cc1cscc1-c1c[c]nc(-c2nc(C(F)(F)F)cs2)n1. The van der Waals surface area contributed by atoms with Gasteiger partial charge < -0.3 is 0 Å². The van der Waals surface area contributed by atoms with Crippen LogP contribution >= 0.6 is 22.7 Å². The minimum Gasteiger partial charge on any atom is -0.228 e. The molecule has 0 aliphatic rings. The first kappa shape index (κ1) is 14.2. The summed E-state index contributed by atoms with van der Waals surface area (Å²) in [6, 6.07) is 1.61. The van der Waals surface area contributed by atoms with Gasteiger partial charge >= 0.3 is 6.18 Å². The maximum absolute atomic E-state index is 12.6. The van der Waals surface area contributed by atoms with Gasteiger partial charge in [-0.3, -0.25) is 0 Å². The molecule has 3 heterocycles. The summed E-state index contributed by atoms with van der Waals surface area (Å²) < 4.78 is 37.7. The second kappa shape index (κ2) is 5.19. The van der Waals surface area contributed by atoms with Crippen molar-refractivity contribution >= 4 is 22.7 Å². The molecule has 0 aromatic carbocycles. The Bertz CT molecular complexity index is 777. The summed E-state index contributed by atoms with van der Waals surface area (Å²) in [5.41, 5.74) is 1.67. The highest BCUT2D eigenvalue weighted by atomic mass is 32.1. The van der Waals surface area contributed by atoms with E-state index in [-0.39, 0.29) is 10.8 Å². The van der Waals surface area contributed by atoms with Gasteiger partial charge in [-0.2, -0.15) is 24.5 Å². The monoisotopic (exact) mass is 326 g/mol. The summed E-state index contributed by atoms with van der Waals surface area (Å²) in [6.07, 6.45) is -1.79. The molecule has 3 aromatic heterocycles. The second-order valence-corrected chi connectivity index (χ2v) is 5.81. The van der Waals surface area contributed by atoms with Crippen molar-refractivity contribution in [1.82, 2.24) is 15.0 Å². The van der Waals surface area contributed by atoms with Crippen LogP contribution in [-0.2, 0) is 6.18 Å². The summed E-state index contributed by atoms with van der Waals surface area (Å²) in [4.78, 5) is 11.7. The molecule has 0 N–H and O–H groups in total. The van der Waals surface area contributed by atoms with Crippen molar-refractivity contribution in [2.24, 2.45) is 0 Å². The largest absolute Gasteiger partial charge is 0.434 e. The van der Waals surface area contributed by atoms with Gasteiger partial charge in [0.25, 0.3) is 0 Å². The molecule has 0 atom stereocenters. The number of halogens is 3. The van der Waals surface area contributed by atoms with Gasteiger partial charge in [0.05, 0.1) is 11.9 Å². The van der Waals surface area contributed by atoms with Gasteiger partial charge in [0, 0.05) is 16.3 Å². The Hall–Kier alpha value is -1.80. The minimum absolute atomic E-state index is 0.133. The molecule has 0 unspecified atom stereocenters. The van der Waals surface area contributed by atoms with Crippen molar-refractivity contribution in [2.75, 3.05) is 0 Å². The number of nitrogens with zero attached hydrogens (tertiary/aromatic N) is 3. The van der Waals surface area contributed by atoms with Crippen LogP contribution in [0.5, 0.6) is 0 Å². The quantitative estimate of drug-likeness (QED) is 0.698. The lowest BCUT2D eigenvalue weighted by molar-refractivity contribution is -0.140. The molecule has 0 amide bonds. The predicted octanol–water partition coefficient (Wildman–Crippen LogP) is 4.46. The number of hydrogen-bond donors (Lipinski definition) is 0. The third-order valence-corrected chi connectivity index (χ3v) is 4.42. The van der Waals surface area contributed by atoms with Crippen molar-refractivity contribution in [3.05, 3.63) is 39.7 Å². The van der Waals surface area contributed by atoms with Crippen molar-refractivity contribution in [3.63, 3.8) is 0 Å². The van der Waals surface area contributed by atoms with E-state index in [4.69, 9.17) is 0 Å². The molecule has 0 spiro atoms. The molecule has 3 aromatic rings. The maximum atomic E-state index is 12.6. The summed E-state index contributed by atoms with van der Waals surface area (Å²) in [5, 5.41) is 5.00. The molecule has 107 valence electrons. The molecule has 0 bridgehead atoms. The Kier molecular flexibility index (Phi) is 3.50. The fraction of sp³-hybridized carbons (Fsp3) is 0.154. The molecule has 0 aliphatic carbocycles. The van der Waals surface area contributed by atoms with Crippen LogP contribution in [0.3, 0.4) is 0 Å². The first-order valence-electron chi connectivity index (χ1n) is 5.76. The van der Waals surface area contributed by atoms with Crippen LogP contribution in [0.4, 0.5) is 13.2 Å². The van der Waals surface area contributed by atoms with Gasteiger partial charge in [-0.25, -0.2) is 15.0 Å². The molecule has 3 nitrogen and oxygen atoms in total. The van der Waals surface area contributed by atoms with Gasteiger partial charge in [-0.05, 0) is 23.9 Å². The van der Waals surface area contributed by atoms with Crippen LogP contribution in [0.15, 0.2) is 22.2 Å². The highest BCUT2D eigenvalue weighted by Crippen LogP contribution is 2.33. The molecular formula is C13H7F3N3S2. The second-order valence-electron chi connectivity index (χ2n) is 4.21. The first-order chi connectivity index (χ1) is 9.95. The Labute approximate surface area is 126 Å². The standard InChI is InChI=1S/C13H7F3N3S2/c1-7-4-20-5-8(7)9-2-3-17-11(18-9)12-19-10(6-21-12)13(14,15)16/h2,4-6H,1H3. The number of thiazole rings is 1. The molecule has 0 fully saturated rings. The smallest absolute Gasteiger partial charge is 0.228 e.